The molecule has 0 amide bonds. The topological polar surface area (TPSA) is 131 Å². The Labute approximate surface area is 124 Å². The smallest absolute Gasteiger partial charge is 0.319 e. The Kier molecular flexibility index (Phi) is 3.27. The van der Waals surface area contributed by atoms with E-state index >= 15 is 0 Å². The first kappa shape index (κ1) is 14.2. The van der Waals surface area contributed by atoms with Gasteiger partial charge in [0.2, 0.25) is 0 Å². The predicted octanol–water partition coefficient (Wildman–Crippen LogP) is -1.39. The van der Waals surface area contributed by atoms with E-state index in [1.54, 1.807) is 0 Å². The Balaban J connectivity index is 1.57. The van der Waals surface area contributed by atoms with Gasteiger partial charge in [-0.15, -0.1) is 0 Å². The summed E-state index contributed by atoms with van der Waals surface area (Å²) in [5.41, 5.74) is 5.64. The lowest BCUT2D eigenvalue weighted by atomic mass is 10.1. The molecule has 12 heteroatoms. The molecule has 4 rings (SSSR count). The standard InChI is InChI=1S/C10H13FN5O5P/c11-10-14-7(12)4-8(15-10)16(2-13-4)9-5(17)6-3(20-9)1-19-22(18)21-6/h2-6,8-9,17,22H,1H2,(H2,12,14,15)/t3?,4?,5-,6+,8?,9+/m0/s1. The minimum atomic E-state index is -2.63. The Hall–Kier alpha value is -1.39. The van der Waals surface area contributed by atoms with Crippen LogP contribution < -0.4 is 5.73 Å². The van der Waals surface area contributed by atoms with E-state index in [1.165, 1.54) is 11.2 Å². The number of halogens is 1. The molecule has 120 valence electrons. The van der Waals surface area contributed by atoms with Crippen LogP contribution in [-0.2, 0) is 18.3 Å². The Morgan fingerprint density at radius 1 is 1.55 bits per heavy atom. The van der Waals surface area contributed by atoms with Crippen LogP contribution in [0.2, 0.25) is 0 Å². The molecule has 0 aromatic carbocycles. The van der Waals surface area contributed by atoms with Gasteiger partial charge in [-0.3, -0.25) is 9.56 Å². The molecule has 2 saturated heterocycles. The van der Waals surface area contributed by atoms with Crippen molar-refractivity contribution in [3.05, 3.63) is 0 Å². The molecule has 0 saturated carbocycles. The maximum absolute atomic E-state index is 13.4. The zero-order valence-electron chi connectivity index (χ0n) is 11.1. The fraction of sp³-hybridized carbons (Fsp3) is 0.700. The molecule has 0 bridgehead atoms. The van der Waals surface area contributed by atoms with Crippen LogP contribution in [0.5, 0.6) is 0 Å². The second-order valence-corrected chi connectivity index (χ2v) is 6.23. The van der Waals surface area contributed by atoms with Gasteiger partial charge >= 0.3 is 14.3 Å². The first-order chi connectivity index (χ1) is 10.5. The number of nitrogens with two attached hydrogens (primary N) is 1. The molecule has 10 nitrogen and oxygen atoms in total. The van der Waals surface area contributed by atoms with Gasteiger partial charge in [-0.2, -0.15) is 9.38 Å². The van der Waals surface area contributed by atoms with E-state index in [0.717, 1.165) is 0 Å². The summed E-state index contributed by atoms with van der Waals surface area (Å²) < 4.78 is 40.4. The lowest BCUT2D eigenvalue weighted by Crippen LogP contribution is -2.51. The van der Waals surface area contributed by atoms with Gasteiger partial charge in [0.05, 0.1) is 12.9 Å². The lowest BCUT2D eigenvalue weighted by molar-refractivity contribution is -0.0786. The highest BCUT2D eigenvalue weighted by Gasteiger charge is 2.53. The summed E-state index contributed by atoms with van der Waals surface area (Å²) in [6, 6.07) is -0.630. The molecule has 3 N–H and O–H groups in total. The van der Waals surface area contributed by atoms with Gasteiger partial charge in [0.25, 0.3) is 0 Å². The van der Waals surface area contributed by atoms with Crippen LogP contribution in [0, 0.1) is 0 Å². The molecule has 0 spiro atoms. The molecule has 0 aromatic heterocycles. The van der Waals surface area contributed by atoms with Crippen LogP contribution in [0.3, 0.4) is 0 Å². The Morgan fingerprint density at radius 3 is 3.18 bits per heavy atom. The van der Waals surface area contributed by atoms with Crippen molar-refractivity contribution in [3.63, 3.8) is 0 Å². The van der Waals surface area contributed by atoms with Crippen molar-refractivity contribution in [1.82, 2.24) is 4.90 Å². The zero-order chi connectivity index (χ0) is 15.4. The molecule has 0 aliphatic carbocycles. The highest BCUT2D eigenvalue weighted by Crippen LogP contribution is 2.41. The number of aliphatic hydroxyl groups excluding tert-OH is 1. The number of rotatable bonds is 1. The predicted molar refractivity (Wildman–Crippen MR) is 72.6 cm³/mol. The maximum atomic E-state index is 13.4. The van der Waals surface area contributed by atoms with Crippen LogP contribution in [-0.4, -0.2) is 71.6 Å². The third kappa shape index (κ3) is 2.09. The van der Waals surface area contributed by atoms with E-state index in [1.807, 2.05) is 0 Å². The van der Waals surface area contributed by atoms with Crippen LogP contribution in [0.1, 0.15) is 0 Å². The molecule has 4 unspecified atom stereocenters. The molecule has 2 fully saturated rings. The van der Waals surface area contributed by atoms with Crippen molar-refractivity contribution in [2.45, 2.75) is 36.7 Å². The average Bonchev–Trinajstić information content (AvgIpc) is 3.01. The van der Waals surface area contributed by atoms with E-state index in [4.69, 9.17) is 19.5 Å². The van der Waals surface area contributed by atoms with E-state index in [0.29, 0.717) is 0 Å². The summed E-state index contributed by atoms with van der Waals surface area (Å²) >= 11 is 0. The van der Waals surface area contributed by atoms with Gasteiger partial charge in [0.1, 0.15) is 30.2 Å². The highest BCUT2D eigenvalue weighted by molar-refractivity contribution is 7.33. The lowest BCUT2D eigenvalue weighted by Gasteiger charge is -2.31. The highest BCUT2D eigenvalue weighted by atomic mass is 31.1. The first-order valence-corrected chi connectivity index (χ1v) is 7.82. The van der Waals surface area contributed by atoms with Gasteiger partial charge in [-0.05, 0) is 0 Å². The van der Waals surface area contributed by atoms with Crippen molar-refractivity contribution < 1.29 is 27.8 Å². The summed E-state index contributed by atoms with van der Waals surface area (Å²) in [4.78, 5) is 12.8. The molecule has 4 aliphatic heterocycles. The summed E-state index contributed by atoms with van der Waals surface area (Å²) in [6.07, 6.45) is -3.69. The van der Waals surface area contributed by atoms with Crippen molar-refractivity contribution in [3.8, 4) is 0 Å². The van der Waals surface area contributed by atoms with Gasteiger partial charge < -0.3 is 29.5 Å². The Bertz CT molecular complexity index is 615. The molecule has 0 radical (unpaired) electrons. The monoisotopic (exact) mass is 333 g/mol. The summed E-state index contributed by atoms with van der Waals surface area (Å²) in [5, 5.41) is 10.3. The number of hydrogen-bond donors (Lipinski definition) is 2. The van der Waals surface area contributed by atoms with Crippen LogP contribution in [0.15, 0.2) is 15.0 Å². The number of ether oxygens (including phenoxy) is 1. The quantitative estimate of drug-likeness (QED) is 0.446. The van der Waals surface area contributed by atoms with Gasteiger partial charge in [-0.25, -0.2) is 4.99 Å². The second-order valence-electron chi connectivity index (χ2n) is 5.20. The molecule has 7 atom stereocenters. The molecular weight excluding hydrogens is 320 g/mol. The normalized spacial score (nSPS) is 47.0. The maximum Gasteiger partial charge on any atom is 0.319 e. The molecule has 0 aromatic rings. The summed E-state index contributed by atoms with van der Waals surface area (Å²) in [7, 11) is -2.63. The number of fused-ring (bicyclic) bond motifs is 2. The first-order valence-electron chi connectivity index (χ1n) is 6.59. The second kappa shape index (κ2) is 5.07. The van der Waals surface area contributed by atoms with Crippen LogP contribution in [0.4, 0.5) is 4.39 Å². The molecule has 22 heavy (non-hydrogen) atoms. The zero-order valence-corrected chi connectivity index (χ0v) is 12.1. The summed E-state index contributed by atoms with van der Waals surface area (Å²) in [5.74, 6) is 0.00536. The van der Waals surface area contributed by atoms with Crippen LogP contribution >= 0.6 is 8.25 Å². The van der Waals surface area contributed by atoms with Crippen molar-refractivity contribution in [2.75, 3.05) is 6.61 Å². The Morgan fingerprint density at radius 2 is 2.36 bits per heavy atom. The fourth-order valence-corrected chi connectivity index (χ4v) is 3.77. The number of aliphatic hydroxyl groups is 1. The third-order valence-electron chi connectivity index (χ3n) is 3.91. The number of hydrogen-bond acceptors (Lipinski definition) is 10. The third-order valence-corrected chi connectivity index (χ3v) is 4.78. The minimum Gasteiger partial charge on any atom is -0.386 e. The van der Waals surface area contributed by atoms with E-state index in [9.17, 15) is 14.1 Å². The largest absolute Gasteiger partial charge is 0.386 e. The SMILES string of the molecule is NC1=NC(F)=NC2C1N=CN2[C@@H]1OC2CO[PH](=O)O[C@H]2[C@@H]1O. The number of nitrogens with zero attached hydrogens (tertiary/aromatic N) is 4. The molecule has 4 aliphatic rings. The van der Waals surface area contributed by atoms with Crippen molar-refractivity contribution in [1.29, 1.82) is 0 Å². The number of amidine groups is 2. The van der Waals surface area contributed by atoms with Gasteiger partial charge in [0.15, 0.2) is 12.4 Å². The average molecular weight is 333 g/mol. The van der Waals surface area contributed by atoms with Crippen molar-refractivity contribution >= 4 is 26.5 Å². The van der Waals surface area contributed by atoms with E-state index in [-0.39, 0.29) is 12.4 Å². The van der Waals surface area contributed by atoms with Crippen molar-refractivity contribution in [2.24, 2.45) is 20.7 Å². The molecular formula is C10H13FN5O5P. The van der Waals surface area contributed by atoms with E-state index in [2.05, 4.69) is 15.0 Å². The van der Waals surface area contributed by atoms with Gasteiger partial charge in [-0.1, -0.05) is 0 Å². The number of aliphatic imine (C=N–C) groups is 3. The van der Waals surface area contributed by atoms with Crippen LogP contribution in [0.25, 0.3) is 0 Å². The summed E-state index contributed by atoms with van der Waals surface area (Å²) in [6.45, 7) is 0.0519. The van der Waals surface area contributed by atoms with Gasteiger partial charge in [0, 0.05) is 0 Å². The fourth-order valence-electron chi connectivity index (χ4n) is 2.89. The minimum absolute atomic E-state index is 0.00536. The van der Waals surface area contributed by atoms with E-state index < -0.39 is 51.1 Å². The molecule has 4 heterocycles.